The van der Waals surface area contributed by atoms with Gasteiger partial charge in [0.25, 0.3) is 0 Å². The van der Waals surface area contributed by atoms with Crippen molar-refractivity contribution in [2.75, 3.05) is 6.61 Å². The minimum atomic E-state index is 0.468. The van der Waals surface area contributed by atoms with E-state index in [1.165, 1.54) is 0 Å². The summed E-state index contributed by atoms with van der Waals surface area (Å²) in [6.45, 7) is 8.59. The molecule has 0 spiro atoms. The summed E-state index contributed by atoms with van der Waals surface area (Å²) < 4.78 is 6.02. The van der Waals surface area contributed by atoms with E-state index < -0.39 is 0 Å². The normalized spacial score (nSPS) is 11.1. The molecule has 0 saturated heterocycles. The van der Waals surface area contributed by atoms with Crippen LogP contribution in [-0.4, -0.2) is 11.6 Å². The summed E-state index contributed by atoms with van der Waals surface area (Å²) in [4.78, 5) is 4.01. The molecule has 1 aliphatic rings. The Morgan fingerprint density at radius 3 is 2.56 bits per heavy atom. The summed E-state index contributed by atoms with van der Waals surface area (Å²) >= 11 is 9.03. The van der Waals surface area contributed by atoms with Crippen molar-refractivity contribution in [1.82, 2.24) is 4.98 Å². The van der Waals surface area contributed by atoms with Crippen LogP contribution in [0.3, 0.4) is 0 Å². The molecule has 0 atom stereocenters. The first-order chi connectivity index (χ1) is 7.77. The van der Waals surface area contributed by atoms with Gasteiger partial charge in [-0.25, -0.2) is 4.98 Å². The molecule has 4 heteroatoms. The lowest BCUT2D eigenvalue weighted by atomic mass is 10.2. The lowest BCUT2D eigenvalue weighted by molar-refractivity contribution is 0.354. The first-order valence-electron chi connectivity index (χ1n) is 5.43. The van der Waals surface area contributed by atoms with Gasteiger partial charge in [-0.1, -0.05) is 45.4 Å². The summed E-state index contributed by atoms with van der Waals surface area (Å²) in [5, 5.41) is 0.468. The molecule has 1 aromatic heterocycles. The molecule has 2 heterocycles. The van der Waals surface area contributed by atoms with E-state index in [2.05, 4.69) is 20.9 Å². The van der Waals surface area contributed by atoms with Crippen LogP contribution in [0.5, 0.6) is 5.75 Å². The Morgan fingerprint density at radius 2 is 1.94 bits per heavy atom. The van der Waals surface area contributed by atoms with Crippen LogP contribution in [0.2, 0.25) is 5.15 Å². The number of hydrogen-bond donors (Lipinski definition) is 0. The fourth-order valence-corrected chi connectivity index (χ4v) is 1.90. The van der Waals surface area contributed by atoms with Gasteiger partial charge in [-0.3, -0.25) is 0 Å². The van der Waals surface area contributed by atoms with Crippen LogP contribution in [0.1, 0.15) is 33.3 Å². The van der Waals surface area contributed by atoms with Crippen LogP contribution in [0.15, 0.2) is 16.7 Å². The average molecular weight is 307 g/mol. The molecular weight excluding hydrogens is 289 g/mol. The second-order valence-electron chi connectivity index (χ2n) is 2.37. The Bertz CT molecular complexity index is 353. The maximum atomic E-state index is 5.75. The van der Waals surface area contributed by atoms with E-state index in [9.17, 15) is 0 Å². The van der Waals surface area contributed by atoms with Crippen LogP contribution in [0, 0.1) is 0 Å². The van der Waals surface area contributed by atoms with Crippen LogP contribution < -0.4 is 4.74 Å². The van der Waals surface area contributed by atoms with Gasteiger partial charge in [-0.05, 0) is 28.1 Å². The average Bonchev–Trinajstić information content (AvgIpc) is 2.34. The van der Waals surface area contributed by atoms with E-state index in [0.29, 0.717) is 16.4 Å². The zero-order valence-electron chi connectivity index (χ0n) is 10.1. The third kappa shape index (κ3) is 4.14. The van der Waals surface area contributed by atoms with E-state index in [4.69, 9.17) is 16.3 Å². The topological polar surface area (TPSA) is 22.1 Å². The van der Waals surface area contributed by atoms with E-state index >= 15 is 0 Å². The first-order valence-corrected chi connectivity index (χ1v) is 6.60. The van der Waals surface area contributed by atoms with Crippen LogP contribution in [0.25, 0.3) is 6.08 Å². The highest BCUT2D eigenvalue weighted by atomic mass is 79.9. The molecule has 0 aromatic carbocycles. The maximum absolute atomic E-state index is 5.75. The number of fused-ring (bicyclic) bond motifs is 1. The Labute approximate surface area is 111 Å². The van der Waals surface area contributed by atoms with Crippen LogP contribution in [0.4, 0.5) is 0 Å². The number of nitrogens with zero attached hydrogens (tertiary/aromatic N) is 1. The molecule has 2 nitrogen and oxygen atoms in total. The summed E-state index contributed by atoms with van der Waals surface area (Å²) in [5.41, 5.74) is 0.966. The molecule has 0 amide bonds. The fraction of sp³-hybridized carbons (Fsp3) is 0.417. The number of hydrogen-bond acceptors (Lipinski definition) is 2. The summed E-state index contributed by atoms with van der Waals surface area (Å²) in [6.07, 6.45) is 3.91. The molecule has 2 rings (SSSR count). The lowest BCUT2D eigenvalue weighted by Crippen LogP contribution is -2.01. The van der Waals surface area contributed by atoms with Crippen molar-refractivity contribution in [1.29, 1.82) is 0 Å². The van der Waals surface area contributed by atoms with Gasteiger partial charge in [-0.2, -0.15) is 0 Å². The maximum Gasteiger partial charge on any atom is 0.159 e. The number of pyridine rings is 1. The minimum absolute atomic E-state index is 0.468. The smallest absolute Gasteiger partial charge is 0.159 e. The van der Waals surface area contributed by atoms with Crippen molar-refractivity contribution in [3.63, 3.8) is 0 Å². The van der Waals surface area contributed by atoms with Crippen molar-refractivity contribution in [2.24, 2.45) is 0 Å². The van der Waals surface area contributed by atoms with Crippen molar-refractivity contribution < 1.29 is 4.74 Å². The molecule has 90 valence electrons. The molecule has 1 aromatic rings. The van der Waals surface area contributed by atoms with Crippen LogP contribution >= 0.6 is 27.5 Å². The summed E-state index contributed by atoms with van der Waals surface area (Å²) in [5.74, 6) is 0.766. The predicted molar refractivity (Wildman–Crippen MR) is 74.2 cm³/mol. The highest BCUT2D eigenvalue weighted by Crippen LogP contribution is 2.32. The Hall–Kier alpha value is -0.540. The summed E-state index contributed by atoms with van der Waals surface area (Å²) in [6, 6.07) is 1.78. The van der Waals surface area contributed by atoms with Gasteiger partial charge in [0.2, 0.25) is 0 Å². The molecule has 0 aliphatic carbocycles. The monoisotopic (exact) mass is 305 g/mol. The van der Waals surface area contributed by atoms with Crippen molar-refractivity contribution in [2.45, 2.75) is 27.7 Å². The fourth-order valence-electron chi connectivity index (χ4n) is 1.06. The molecule has 16 heavy (non-hydrogen) atoms. The van der Waals surface area contributed by atoms with Gasteiger partial charge in [0.1, 0.15) is 16.4 Å². The van der Waals surface area contributed by atoms with E-state index in [1.807, 2.05) is 39.8 Å². The third-order valence-electron chi connectivity index (χ3n) is 1.55. The second kappa shape index (κ2) is 8.59. The van der Waals surface area contributed by atoms with Gasteiger partial charge < -0.3 is 4.74 Å². The van der Waals surface area contributed by atoms with E-state index in [0.717, 1.165) is 11.3 Å². The summed E-state index contributed by atoms with van der Waals surface area (Å²) in [7, 11) is 0. The van der Waals surface area contributed by atoms with Crippen molar-refractivity contribution >= 4 is 33.6 Å². The zero-order valence-corrected chi connectivity index (χ0v) is 12.4. The highest BCUT2D eigenvalue weighted by molar-refractivity contribution is 9.10. The SMILES string of the molecule is CC.CC.Clc1cc2c(c(Br)n1)OCC=C2. The number of halogens is 2. The lowest BCUT2D eigenvalue weighted by Gasteiger charge is -2.12. The predicted octanol–water partition coefficient (Wildman–Crippen LogP) is 4.96. The quantitative estimate of drug-likeness (QED) is 0.632. The van der Waals surface area contributed by atoms with Gasteiger partial charge in [-0.15, -0.1) is 0 Å². The molecule has 0 N–H and O–H groups in total. The second-order valence-corrected chi connectivity index (χ2v) is 3.51. The van der Waals surface area contributed by atoms with Crippen LogP contribution in [-0.2, 0) is 0 Å². The van der Waals surface area contributed by atoms with Crippen molar-refractivity contribution in [3.05, 3.63) is 27.5 Å². The van der Waals surface area contributed by atoms with Gasteiger partial charge in [0.15, 0.2) is 5.75 Å². The minimum Gasteiger partial charge on any atom is -0.486 e. The third-order valence-corrected chi connectivity index (χ3v) is 2.28. The first kappa shape index (κ1) is 15.5. The molecule has 0 radical (unpaired) electrons. The van der Waals surface area contributed by atoms with Gasteiger partial charge >= 0.3 is 0 Å². The molecule has 0 unspecified atom stereocenters. The Kier molecular flexibility index (Phi) is 8.30. The Balaban J connectivity index is 0.000000509. The number of ether oxygens (including phenoxy) is 1. The molecule has 0 saturated carbocycles. The Morgan fingerprint density at radius 1 is 1.31 bits per heavy atom. The molecule has 1 aliphatic heterocycles. The highest BCUT2D eigenvalue weighted by Gasteiger charge is 2.11. The molecule has 0 bridgehead atoms. The zero-order chi connectivity index (χ0) is 12.6. The largest absolute Gasteiger partial charge is 0.486 e. The standard InChI is InChI=1S/C8H5BrClNO.2C2H6/c9-8-7-5(2-1-3-12-7)4-6(10)11-8;2*1-2/h1-2,4H,3H2;2*1-2H3. The van der Waals surface area contributed by atoms with Gasteiger partial charge in [0.05, 0.1) is 0 Å². The van der Waals surface area contributed by atoms with Crippen molar-refractivity contribution in [3.8, 4) is 5.75 Å². The molecule has 0 fully saturated rings. The number of rotatable bonds is 0. The van der Waals surface area contributed by atoms with E-state index in [-0.39, 0.29) is 0 Å². The number of aromatic nitrogens is 1. The molecular formula is C12H17BrClNO. The van der Waals surface area contributed by atoms with Gasteiger partial charge in [0, 0.05) is 5.56 Å². The van der Waals surface area contributed by atoms with E-state index in [1.54, 1.807) is 6.07 Å².